The normalized spacial score (nSPS) is 19.9. The Hall–Kier alpha value is -2.99. The Labute approximate surface area is 163 Å². The standard InChI is InChI=1S/C22H23N5O/c1-14-6-9-20-25-26-22(27(20)13-14)17-8-7-16-4-3-5-19(21(16)24-17)28-18-10-11-23-12-15(18)2/h3-9,13,15,18,23H,10-12H2,1-2H3. The van der Waals surface area contributed by atoms with Gasteiger partial charge in [-0.3, -0.25) is 4.40 Å². The van der Waals surface area contributed by atoms with Crippen molar-refractivity contribution in [2.24, 2.45) is 5.92 Å². The highest BCUT2D eigenvalue weighted by Gasteiger charge is 2.23. The first-order valence-corrected chi connectivity index (χ1v) is 9.78. The van der Waals surface area contributed by atoms with Gasteiger partial charge in [-0.1, -0.05) is 31.2 Å². The van der Waals surface area contributed by atoms with Gasteiger partial charge in [-0.25, -0.2) is 4.98 Å². The highest BCUT2D eigenvalue weighted by atomic mass is 16.5. The van der Waals surface area contributed by atoms with E-state index in [0.717, 1.165) is 58.9 Å². The lowest BCUT2D eigenvalue weighted by atomic mass is 9.98. The van der Waals surface area contributed by atoms with Crippen LogP contribution in [0.25, 0.3) is 28.1 Å². The number of hydrogen-bond acceptors (Lipinski definition) is 5. The molecule has 0 aliphatic carbocycles. The van der Waals surface area contributed by atoms with Crippen molar-refractivity contribution in [2.75, 3.05) is 13.1 Å². The molecule has 6 nitrogen and oxygen atoms in total. The fourth-order valence-electron chi connectivity index (χ4n) is 3.84. The van der Waals surface area contributed by atoms with Crippen molar-refractivity contribution in [1.29, 1.82) is 0 Å². The molecule has 4 heterocycles. The van der Waals surface area contributed by atoms with Crippen LogP contribution in [-0.4, -0.2) is 38.8 Å². The number of nitrogens with zero attached hydrogens (tertiary/aromatic N) is 4. The van der Waals surface area contributed by atoms with Gasteiger partial charge in [0.25, 0.3) is 0 Å². The molecule has 3 aromatic heterocycles. The van der Waals surface area contributed by atoms with E-state index in [-0.39, 0.29) is 6.10 Å². The average molecular weight is 373 g/mol. The van der Waals surface area contributed by atoms with Crippen LogP contribution in [0.1, 0.15) is 18.9 Å². The van der Waals surface area contributed by atoms with Crippen LogP contribution in [0.5, 0.6) is 5.75 Å². The summed E-state index contributed by atoms with van der Waals surface area (Å²) in [5.41, 5.74) is 3.63. The van der Waals surface area contributed by atoms with Gasteiger partial charge in [0.1, 0.15) is 23.1 Å². The molecule has 0 spiro atoms. The number of hydrogen-bond donors (Lipinski definition) is 1. The van der Waals surface area contributed by atoms with Crippen LogP contribution in [0.3, 0.4) is 0 Å². The molecule has 0 bridgehead atoms. The second-order valence-electron chi connectivity index (χ2n) is 7.61. The van der Waals surface area contributed by atoms with Gasteiger partial charge in [0.05, 0.1) is 0 Å². The summed E-state index contributed by atoms with van der Waals surface area (Å²) in [6, 6.07) is 14.2. The predicted octanol–water partition coefficient (Wildman–Crippen LogP) is 3.63. The zero-order valence-electron chi connectivity index (χ0n) is 16.1. The summed E-state index contributed by atoms with van der Waals surface area (Å²) in [7, 11) is 0. The van der Waals surface area contributed by atoms with E-state index in [0.29, 0.717) is 5.92 Å². The number of piperidine rings is 1. The first-order chi connectivity index (χ1) is 13.7. The summed E-state index contributed by atoms with van der Waals surface area (Å²) in [5.74, 6) is 2.05. The molecular weight excluding hydrogens is 350 g/mol. The van der Waals surface area contributed by atoms with E-state index in [9.17, 15) is 0 Å². The molecule has 1 N–H and O–H groups in total. The summed E-state index contributed by atoms with van der Waals surface area (Å²) in [5, 5.41) is 13.1. The van der Waals surface area contributed by atoms with Crippen LogP contribution in [-0.2, 0) is 0 Å². The zero-order valence-corrected chi connectivity index (χ0v) is 16.1. The zero-order chi connectivity index (χ0) is 19.1. The molecule has 142 valence electrons. The third-order valence-corrected chi connectivity index (χ3v) is 5.45. The Morgan fingerprint density at radius 3 is 2.93 bits per heavy atom. The number of benzene rings is 1. The molecule has 4 aromatic rings. The van der Waals surface area contributed by atoms with E-state index in [1.165, 1.54) is 0 Å². The highest BCUT2D eigenvalue weighted by Crippen LogP contribution is 2.29. The molecule has 28 heavy (non-hydrogen) atoms. The molecular formula is C22H23N5O. The Morgan fingerprint density at radius 2 is 2.04 bits per heavy atom. The van der Waals surface area contributed by atoms with Gasteiger partial charge in [0.15, 0.2) is 11.5 Å². The number of aryl methyl sites for hydroxylation is 1. The quantitative estimate of drug-likeness (QED) is 0.594. The SMILES string of the molecule is Cc1ccc2nnc(-c3ccc4cccc(OC5CCNCC5C)c4n3)n2c1. The fourth-order valence-corrected chi connectivity index (χ4v) is 3.84. The number of ether oxygens (including phenoxy) is 1. The first kappa shape index (κ1) is 17.1. The van der Waals surface area contributed by atoms with Crippen LogP contribution < -0.4 is 10.1 Å². The number of aromatic nitrogens is 4. The molecule has 0 saturated carbocycles. The van der Waals surface area contributed by atoms with E-state index in [4.69, 9.17) is 9.72 Å². The molecule has 1 aliphatic heterocycles. The number of para-hydroxylation sites is 1. The molecule has 1 aliphatic rings. The molecule has 0 amide bonds. The lowest BCUT2D eigenvalue weighted by Gasteiger charge is -2.30. The van der Waals surface area contributed by atoms with Crippen molar-refractivity contribution >= 4 is 16.6 Å². The third-order valence-electron chi connectivity index (χ3n) is 5.45. The smallest absolute Gasteiger partial charge is 0.187 e. The highest BCUT2D eigenvalue weighted by molar-refractivity contribution is 5.86. The Bertz CT molecular complexity index is 1150. The van der Waals surface area contributed by atoms with E-state index in [1.54, 1.807) is 0 Å². The third kappa shape index (κ3) is 2.99. The van der Waals surface area contributed by atoms with Gasteiger partial charge in [0, 0.05) is 24.0 Å². The lowest BCUT2D eigenvalue weighted by Crippen LogP contribution is -2.41. The summed E-state index contributed by atoms with van der Waals surface area (Å²) < 4.78 is 8.40. The molecule has 1 aromatic carbocycles. The Morgan fingerprint density at radius 1 is 1.11 bits per heavy atom. The van der Waals surface area contributed by atoms with Crippen molar-refractivity contribution in [1.82, 2.24) is 24.9 Å². The summed E-state index contributed by atoms with van der Waals surface area (Å²) in [6.45, 7) is 6.26. The van der Waals surface area contributed by atoms with Crippen molar-refractivity contribution in [3.05, 3.63) is 54.2 Å². The molecule has 2 atom stereocenters. The van der Waals surface area contributed by atoms with Crippen molar-refractivity contribution in [2.45, 2.75) is 26.4 Å². The summed E-state index contributed by atoms with van der Waals surface area (Å²) in [6.07, 6.45) is 3.25. The number of rotatable bonds is 3. The van der Waals surface area contributed by atoms with Gasteiger partial charge in [-0.2, -0.15) is 0 Å². The lowest BCUT2D eigenvalue weighted by molar-refractivity contribution is 0.113. The van der Waals surface area contributed by atoms with Crippen LogP contribution in [0.4, 0.5) is 0 Å². The minimum absolute atomic E-state index is 0.203. The van der Waals surface area contributed by atoms with Gasteiger partial charge < -0.3 is 10.1 Å². The average Bonchev–Trinajstić information content (AvgIpc) is 3.12. The number of pyridine rings is 2. The van der Waals surface area contributed by atoms with E-state index >= 15 is 0 Å². The topological polar surface area (TPSA) is 64.3 Å². The Balaban J connectivity index is 1.59. The van der Waals surface area contributed by atoms with Crippen LogP contribution >= 0.6 is 0 Å². The Kier molecular flexibility index (Phi) is 4.20. The second kappa shape index (κ2) is 6.87. The second-order valence-corrected chi connectivity index (χ2v) is 7.61. The molecule has 1 fully saturated rings. The van der Waals surface area contributed by atoms with Gasteiger partial charge in [-0.15, -0.1) is 10.2 Å². The summed E-state index contributed by atoms with van der Waals surface area (Å²) >= 11 is 0. The minimum Gasteiger partial charge on any atom is -0.488 e. The van der Waals surface area contributed by atoms with E-state index in [1.807, 2.05) is 40.9 Å². The largest absolute Gasteiger partial charge is 0.488 e. The van der Waals surface area contributed by atoms with E-state index < -0.39 is 0 Å². The molecule has 6 heteroatoms. The molecule has 0 radical (unpaired) electrons. The summed E-state index contributed by atoms with van der Waals surface area (Å²) in [4.78, 5) is 4.92. The van der Waals surface area contributed by atoms with Crippen LogP contribution in [0.2, 0.25) is 0 Å². The fraction of sp³-hybridized carbons (Fsp3) is 0.318. The van der Waals surface area contributed by atoms with Crippen LogP contribution in [0.15, 0.2) is 48.7 Å². The molecule has 1 saturated heterocycles. The van der Waals surface area contributed by atoms with E-state index in [2.05, 4.69) is 41.5 Å². The first-order valence-electron chi connectivity index (χ1n) is 9.78. The molecule has 5 rings (SSSR count). The monoisotopic (exact) mass is 373 g/mol. The number of nitrogens with one attached hydrogen (secondary N) is 1. The number of fused-ring (bicyclic) bond motifs is 2. The van der Waals surface area contributed by atoms with Crippen LogP contribution in [0, 0.1) is 12.8 Å². The predicted molar refractivity (Wildman–Crippen MR) is 110 cm³/mol. The van der Waals surface area contributed by atoms with Gasteiger partial charge in [-0.05, 0) is 43.7 Å². The maximum Gasteiger partial charge on any atom is 0.187 e. The van der Waals surface area contributed by atoms with Crippen molar-refractivity contribution < 1.29 is 4.74 Å². The van der Waals surface area contributed by atoms with Crippen molar-refractivity contribution in [3.63, 3.8) is 0 Å². The minimum atomic E-state index is 0.203. The maximum atomic E-state index is 6.41. The van der Waals surface area contributed by atoms with Gasteiger partial charge in [0.2, 0.25) is 0 Å². The van der Waals surface area contributed by atoms with Gasteiger partial charge >= 0.3 is 0 Å². The maximum absolute atomic E-state index is 6.41. The molecule has 2 unspecified atom stereocenters. The van der Waals surface area contributed by atoms with Crippen molar-refractivity contribution in [3.8, 4) is 17.3 Å².